The Morgan fingerprint density at radius 2 is 1.71 bits per heavy atom. The maximum atomic E-state index is 13.4. The summed E-state index contributed by atoms with van der Waals surface area (Å²) in [6, 6.07) is 19.4. The predicted octanol–water partition coefficient (Wildman–Crippen LogP) is 4.13. The van der Waals surface area contributed by atoms with Crippen molar-refractivity contribution in [2.75, 3.05) is 10.2 Å². The number of rotatable bonds is 4. The molecule has 3 amide bonds. The van der Waals surface area contributed by atoms with E-state index in [1.807, 2.05) is 51.1 Å². The van der Waals surface area contributed by atoms with Gasteiger partial charge >= 0.3 is 6.03 Å². The molecule has 0 aromatic heterocycles. The first-order valence-electron chi connectivity index (χ1n) is 10.1. The van der Waals surface area contributed by atoms with Gasteiger partial charge < -0.3 is 15.7 Å². The van der Waals surface area contributed by atoms with Crippen LogP contribution < -0.4 is 15.5 Å². The summed E-state index contributed by atoms with van der Waals surface area (Å²) >= 11 is 0. The van der Waals surface area contributed by atoms with Crippen molar-refractivity contribution >= 4 is 23.3 Å². The second kappa shape index (κ2) is 7.89. The van der Waals surface area contributed by atoms with Crippen LogP contribution in [0.2, 0.25) is 0 Å². The van der Waals surface area contributed by atoms with Gasteiger partial charge in [-0.05, 0) is 55.7 Å². The lowest BCUT2D eigenvalue weighted by molar-refractivity contribution is -0.140. The zero-order chi connectivity index (χ0) is 22.2. The van der Waals surface area contributed by atoms with Crippen molar-refractivity contribution in [2.24, 2.45) is 0 Å². The van der Waals surface area contributed by atoms with Gasteiger partial charge in [0.15, 0.2) is 0 Å². The molecule has 0 aliphatic carbocycles. The van der Waals surface area contributed by atoms with E-state index in [-0.39, 0.29) is 6.54 Å². The molecule has 158 valence electrons. The lowest BCUT2D eigenvalue weighted by atomic mass is 9.94. The highest BCUT2D eigenvalue weighted by Crippen LogP contribution is 2.40. The third-order valence-electron chi connectivity index (χ3n) is 5.71. The van der Waals surface area contributed by atoms with Crippen molar-refractivity contribution in [1.29, 1.82) is 0 Å². The third-order valence-corrected chi connectivity index (χ3v) is 5.71. The van der Waals surface area contributed by atoms with Crippen LogP contribution in [0.4, 0.5) is 16.2 Å². The fraction of sp³-hybridized carbons (Fsp3) is 0.200. The molecule has 1 aliphatic rings. The number of nitrogens with zero attached hydrogens (tertiary/aromatic N) is 1. The molecule has 3 aromatic rings. The van der Waals surface area contributed by atoms with Crippen molar-refractivity contribution in [2.45, 2.75) is 33.0 Å². The number of benzene rings is 3. The summed E-state index contributed by atoms with van der Waals surface area (Å²) in [6.07, 6.45) is 0. The molecule has 4 rings (SSSR count). The van der Waals surface area contributed by atoms with Crippen LogP contribution in [0.1, 0.15) is 27.8 Å². The molecule has 1 atom stereocenters. The van der Waals surface area contributed by atoms with Crippen LogP contribution in [0, 0.1) is 20.8 Å². The van der Waals surface area contributed by atoms with Gasteiger partial charge in [0.2, 0.25) is 0 Å². The highest BCUT2D eigenvalue weighted by atomic mass is 16.3. The van der Waals surface area contributed by atoms with Gasteiger partial charge in [0.05, 0.1) is 5.69 Å². The highest BCUT2D eigenvalue weighted by molar-refractivity contribution is 6.11. The average molecular weight is 415 g/mol. The standard InChI is InChI=1S/C25H25N3O3/c1-16-8-11-19(12-9-16)15-26-23(29)25(31)21-6-4-5-7-22(21)27-24(30)28(25)20-13-10-17(2)18(3)14-20/h4-14,31H,15H2,1-3H3,(H,26,29)(H,27,30). The quantitative estimate of drug-likeness (QED) is 0.599. The Balaban J connectivity index is 1.76. The largest absolute Gasteiger partial charge is 0.359 e. The highest BCUT2D eigenvalue weighted by Gasteiger charge is 2.51. The Bertz CT molecular complexity index is 1160. The molecule has 0 radical (unpaired) electrons. The molecule has 3 aromatic carbocycles. The lowest BCUT2D eigenvalue weighted by Gasteiger charge is -2.42. The van der Waals surface area contributed by atoms with E-state index in [0.717, 1.165) is 27.2 Å². The van der Waals surface area contributed by atoms with E-state index in [4.69, 9.17) is 0 Å². The van der Waals surface area contributed by atoms with Crippen molar-refractivity contribution < 1.29 is 14.7 Å². The molecule has 6 heteroatoms. The molecule has 1 unspecified atom stereocenters. The number of amides is 3. The van der Waals surface area contributed by atoms with Crippen molar-refractivity contribution in [3.05, 3.63) is 94.5 Å². The summed E-state index contributed by atoms with van der Waals surface area (Å²) in [6.45, 7) is 6.10. The molecule has 3 N–H and O–H groups in total. The first-order chi connectivity index (χ1) is 14.8. The van der Waals surface area contributed by atoms with Crippen LogP contribution >= 0.6 is 0 Å². The van der Waals surface area contributed by atoms with Crippen molar-refractivity contribution in [3.8, 4) is 0 Å². The van der Waals surface area contributed by atoms with Gasteiger partial charge in [0.25, 0.3) is 11.6 Å². The maximum Gasteiger partial charge on any atom is 0.329 e. The number of hydrogen-bond donors (Lipinski definition) is 3. The van der Waals surface area contributed by atoms with E-state index in [0.29, 0.717) is 16.9 Å². The number of hydrogen-bond acceptors (Lipinski definition) is 3. The second-order valence-corrected chi connectivity index (χ2v) is 7.92. The van der Waals surface area contributed by atoms with Crippen molar-refractivity contribution in [3.63, 3.8) is 0 Å². The number of carbonyl (C=O) groups excluding carboxylic acids is 2. The number of para-hydroxylation sites is 1. The van der Waals surface area contributed by atoms with E-state index in [2.05, 4.69) is 10.6 Å². The van der Waals surface area contributed by atoms with Crippen LogP contribution in [-0.4, -0.2) is 17.0 Å². The SMILES string of the molecule is Cc1ccc(CNC(=O)C2(O)c3ccccc3NC(=O)N2c2ccc(C)c(C)c2)cc1. The maximum absolute atomic E-state index is 13.4. The van der Waals surface area contributed by atoms with E-state index in [1.54, 1.807) is 36.4 Å². The van der Waals surface area contributed by atoms with Gasteiger partial charge in [0.1, 0.15) is 0 Å². The number of aliphatic hydroxyl groups is 1. The van der Waals surface area contributed by atoms with E-state index < -0.39 is 17.7 Å². The number of fused-ring (bicyclic) bond motifs is 1. The molecular formula is C25H25N3O3. The molecule has 6 nitrogen and oxygen atoms in total. The summed E-state index contributed by atoms with van der Waals surface area (Å²) in [4.78, 5) is 27.6. The summed E-state index contributed by atoms with van der Waals surface area (Å²) < 4.78 is 0. The van der Waals surface area contributed by atoms with E-state index >= 15 is 0 Å². The first-order valence-corrected chi connectivity index (χ1v) is 10.1. The molecule has 0 fully saturated rings. The van der Waals surface area contributed by atoms with Crippen LogP contribution in [0.15, 0.2) is 66.7 Å². The van der Waals surface area contributed by atoms with Gasteiger partial charge in [-0.3, -0.25) is 9.69 Å². The number of nitrogens with one attached hydrogen (secondary N) is 2. The predicted molar refractivity (Wildman–Crippen MR) is 121 cm³/mol. The molecule has 1 aliphatic heterocycles. The molecule has 0 saturated carbocycles. The Morgan fingerprint density at radius 1 is 1.00 bits per heavy atom. The minimum absolute atomic E-state index is 0.228. The van der Waals surface area contributed by atoms with Crippen LogP contribution in [0.25, 0.3) is 0 Å². The average Bonchev–Trinajstić information content (AvgIpc) is 2.75. The minimum atomic E-state index is -2.20. The number of anilines is 2. The zero-order valence-corrected chi connectivity index (χ0v) is 17.8. The van der Waals surface area contributed by atoms with Gasteiger partial charge in [-0.2, -0.15) is 0 Å². The number of aryl methyl sites for hydroxylation is 3. The normalized spacial score (nSPS) is 17.7. The smallest absolute Gasteiger partial charge is 0.329 e. The monoisotopic (exact) mass is 415 g/mol. The van der Waals surface area contributed by atoms with Crippen LogP contribution in [0.3, 0.4) is 0 Å². The van der Waals surface area contributed by atoms with E-state index in [9.17, 15) is 14.7 Å². The van der Waals surface area contributed by atoms with Gasteiger partial charge in [-0.15, -0.1) is 0 Å². The summed E-state index contributed by atoms with van der Waals surface area (Å²) in [5.41, 5.74) is 2.96. The number of carbonyl (C=O) groups is 2. The third kappa shape index (κ3) is 3.66. The number of urea groups is 1. The summed E-state index contributed by atoms with van der Waals surface area (Å²) in [7, 11) is 0. The topological polar surface area (TPSA) is 81.7 Å². The molecular weight excluding hydrogens is 390 g/mol. The van der Waals surface area contributed by atoms with Crippen LogP contribution in [-0.2, 0) is 17.1 Å². The molecule has 0 bridgehead atoms. The zero-order valence-electron chi connectivity index (χ0n) is 17.8. The van der Waals surface area contributed by atoms with Crippen molar-refractivity contribution in [1.82, 2.24) is 5.32 Å². The Labute approximate surface area is 181 Å². The van der Waals surface area contributed by atoms with Gasteiger partial charge in [0, 0.05) is 17.8 Å². The van der Waals surface area contributed by atoms with Gasteiger partial charge in [-0.1, -0.05) is 54.1 Å². The molecule has 0 spiro atoms. The fourth-order valence-corrected chi connectivity index (χ4v) is 3.74. The lowest BCUT2D eigenvalue weighted by Crippen LogP contribution is -2.62. The summed E-state index contributed by atoms with van der Waals surface area (Å²) in [5, 5.41) is 17.4. The Morgan fingerprint density at radius 3 is 2.42 bits per heavy atom. The van der Waals surface area contributed by atoms with E-state index in [1.165, 1.54) is 0 Å². The van der Waals surface area contributed by atoms with Crippen LogP contribution in [0.5, 0.6) is 0 Å². The van der Waals surface area contributed by atoms with Gasteiger partial charge in [-0.25, -0.2) is 4.79 Å². The molecule has 1 heterocycles. The first kappa shape index (κ1) is 20.6. The molecule has 0 saturated heterocycles. The summed E-state index contributed by atoms with van der Waals surface area (Å²) in [5.74, 6) is -0.673. The minimum Gasteiger partial charge on any atom is -0.359 e. The Kier molecular flexibility index (Phi) is 5.25. The second-order valence-electron chi connectivity index (χ2n) is 7.92. The Hall–Kier alpha value is -3.64. The fourth-order valence-electron chi connectivity index (χ4n) is 3.74. The molecule has 31 heavy (non-hydrogen) atoms.